The van der Waals surface area contributed by atoms with E-state index >= 15 is 0 Å². The molecule has 0 aromatic carbocycles. The van der Waals surface area contributed by atoms with Gasteiger partial charge in [-0.15, -0.1) is 10.2 Å². The molecule has 25 heteroatoms. The number of hydrogen-bond acceptors (Lipinski definition) is 19. The van der Waals surface area contributed by atoms with Crippen molar-refractivity contribution in [1.29, 1.82) is 0 Å². The van der Waals surface area contributed by atoms with E-state index in [0.29, 0.717) is 67.9 Å². The van der Waals surface area contributed by atoms with Crippen LogP contribution >= 0.6 is 0 Å². The lowest BCUT2D eigenvalue weighted by atomic mass is 10.0. The highest BCUT2D eigenvalue weighted by atomic mass is 16.6. The van der Waals surface area contributed by atoms with E-state index in [1.807, 2.05) is 41.5 Å². The Balaban J connectivity index is 0.000000271. The lowest BCUT2D eigenvalue weighted by molar-refractivity contribution is -0.142. The minimum atomic E-state index is -0.591. The maximum absolute atomic E-state index is 13.0. The monoisotopic (exact) mass is 1030 g/mol. The summed E-state index contributed by atoms with van der Waals surface area (Å²) in [5.74, 6) is 0.0253. The number of aliphatic hydroxyl groups excluding tert-OH is 1. The van der Waals surface area contributed by atoms with Crippen LogP contribution < -0.4 is 10.6 Å². The summed E-state index contributed by atoms with van der Waals surface area (Å²) in [6.07, 6.45) is 3.82. The number of anilines is 2. The van der Waals surface area contributed by atoms with Gasteiger partial charge >= 0.3 is 18.2 Å². The third kappa shape index (κ3) is 15.1. The van der Waals surface area contributed by atoms with Crippen molar-refractivity contribution in [2.75, 3.05) is 36.9 Å². The molecule has 8 rings (SSSR count). The van der Waals surface area contributed by atoms with Gasteiger partial charge in [0.1, 0.15) is 52.2 Å². The van der Waals surface area contributed by atoms with Gasteiger partial charge in [0, 0.05) is 45.5 Å². The van der Waals surface area contributed by atoms with Crippen LogP contribution in [0.4, 0.5) is 21.2 Å². The highest BCUT2D eigenvalue weighted by Gasteiger charge is 2.29. The van der Waals surface area contributed by atoms with Crippen LogP contribution in [0, 0.1) is 0 Å². The lowest BCUT2D eigenvalue weighted by Gasteiger charge is -2.31. The fraction of sp³-hybridized carbons (Fsp3) is 0.460. The normalized spacial score (nSPS) is 13.7. The number of ether oxygens (including phenoxy) is 3. The first-order valence-corrected chi connectivity index (χ1v) is 23.4. The highest BCUT2D eigenvalue weighted by molar-refractivity contribution is 6.03. The van der Waals surface area contributed by atoms with Crippen LogP contribution in [0.25, 0.3) is 23.0 Å². The SMILES string of the molecule is C.C.CC(=O)OC[C@@H](C)n1nnnc1-c1cccc(NC(=O)c2cc3c(cn2)CCN(C(=O)OC(C)(C)C)C3)n1.C[C@H](CO)n1nnnc1-c1cccc(NC(=O)c2cc3c(cn2)CCN(C(=O)OC(C)(C)C)C3)n1. The number of hydrogen-bond donors (Lipinski definition) is 3. The quantitative estimate of drug-likeness (QED) is 0.0947. The molecule has 400 valence electrons. The van der Waals surface area contributed by atoms with Crippen molar-refractivity contribution < 1.29 is 43.3 Å². The van der Waals surface area contributed by atoms with Gasteiger partial charge in [0.15, 0.2) is 0 Å². The Bertz CT molecular complexity index is 2980. The van der Waals surface area contributed by atoms with E-state index in [-0.39, 0.29) is 63.4 Å². The summed E-state index contributed by atoms with van der Waals surface area (Å²) in [6.45, 7) is 17.5. The molecule has 0 saturated carbocycles. The Labute approximate surface area is 434 Å². The predicted molar refractivity (Wildman–Crippen MR) is 274 cm³/mol. The molecule has 0 radical (unpaired) electrons. The number of nitrogens with one attached hydrogen (secondary N) is 2. The van der Waals surface area contributed by atoms with E-state index in [1.165, 1.54) is 16.3 Å². The number of esters is 1. The van der Waals surface area contributed by atoms with Gasteiger partial charge in [-0.3, -0.25) is 24.4 Å². The zero-order valence-electron chi connectivity index (χ0n) is 42.1. The fourth-order valence-corrected chi connectivity index (χ4v) is 7.41. The summed E-state index contributed by atoms with van der Waals surface area (Å²) in [6, 6.07) is 12.9. The average molecular weight is 1040 g/mol. The van der Waals surface area contributed by atoms with Crippen LogP contribution in [0.5, 0.6) is 0 Å². The Morgan fingerprint density at radius 2 is 1.08 bits per heavy atom. The maximum Gasteiger partial charge on any atom is 0.410 e. The first-order valence-electron chi connectivity index (χ1n) is 23.4. The van der Waals surface area contributed by atoms with Crippen LogP contribution in [0.1, 0.15) is 132 Å². The van der Waals surface area contributed by atoms with E-state index in [9.17, 15) is 29.1 Å². The van der Waals surface area contributed by atoms with Gasteiger partial charge in [-0.1, -0.05) is 27.0 Å². The number of carbonyl (C=O) groups excluding carboxylic acids is 5. The molecule has 6 aromatic rings. The number of tetrazole rings is 2. The van der Waals surface area contributed by atoms with Gasteiger partial charge in [-0.05, 0) is 148 Å². The van der Waals surface area contributed by atoms with Crippen molar-refractivity contribution >= 4 is 41.6 Å². The second kappa shape index (κ2) is 24.6. The smallest absolute Gasteiger partial charge is 0.410 e. The number of amides is 4. The molecule has 0 unspecified atom stereocenters. The van der Waals surface area contributed by atoms with Crippen molar-refractivity contribution in [3.05, 3.63) is 94.6 Å². The zero-order chi connectivity index (χ0) is 52.6. The molecule has 2 atom stereocenters. The molecule has 6 aromatic heterocycles. The van der Waals surface area contributed by atoms with Crippen LogP contribution in [-0.4, -0.2) is 143 Å². The molecule has 0 bridgehead atoms. The summed E-state index contributed by atoms with van der Waals surface area (Å²) >= 11 is 0. The van der Waals surface area contributed by atoms with E-state index in [2.05, 4.69) is 61.6 Å². The third-order valence-electron chi connectivity index (χ3n) is 11.0. The van der Waals surface area contributed by atoms with E-state index in [1.54, 1.807) is 84.6 Å². The zero-order valence-corrected chi connectivity index (χ0v) is 42.1. The molecule has 2 aliphatic heterocycles. The second-order valence-corrected chi connectivity index (χ2v) is 19.3. The molecule has 75 heavy (non-hydrogen) atoms. The molecule has 4 amide bonds. The number of aromatic nitrogens is 12. The van der Waals surface area contributed by atoms with E-state index < -0.39 is 35.1 Å². The summed E-state index contributed by atoms with van der Waals surface area (Å²) in [5.41, 5.74) is 3.76. The predicted octanol–water partition coefficient (Wildman–Crippen LogP) is 6.30. The Morgan fingerprint density at radius 3 is 1.48 bits per heavy atom. The van der Waals surface area contributed by atoms with Crippen LogP contribution in [-0.2, 0) is 44.9 Å². The molecule has 25 nitrogen and oxygen atoms in total. The molecule has 0 spiro atoms. The van der Waals surface area contributed by atoms with E-state index in [0.717, 1.165) is 22.3 Å². The molecular weight excluding hydrogens is 969 g/mol. The minimum absolute atomic E-state index is 0. The van der Waals surface area contributed by atoms with Crippen molar-refractivity contribution in [2.24, 2.45) is 0 Å². The average Bonchev–Trinajstić information content (AvgIpc) is 4.06. The third-order valence-corrected chi connectivity index (χ3v) is 11.0. The van der Waals surface area contributed by atoms with Crippen LogP contribution in [0.15, 0.2) is 60.9 Å². The van der Waals surface area contributed by atoms with E-state index in [4.69, 9.17) is 14.2 Å². The Morgan fingerprint density at radius 1 is 0.653 bits per heavy atom. The topological polar surface area (TPSA) is 303 Å². The van der Waals surface area contributed by atoms with Crippen LogP contribution in [0.2, 0.25) is 0 Å². The Hall–Kier alpha value is -8.35. The maximum atomic E-state index is 13.0. The standard InChI is InChI=1S/C25H30N8O5.C23H28N8O4.2CH4/c1-15(14-37-16(2)34)33-22(29-30-31-33)19-7-6-8-21(27-19)28-23(35)20-11-18-13-32(10-9-17(18)12-26-20)24(36)38-25(3,4)5;1-14(13-32)31-20(27-28-29-31)17-6-5-7-19(25-17)26-21(33)18-10-16-12-30(9-8-15(16)11-24-18)22(34)35-23(2,3)4;;/h6-8,11-12,15H,9-10,13-14H2,1-5H3,(H,27,28,35);5-7,10-11,14,32H,8-9,12-13H2,1-4H3,(H,25,26,33);2*1H4/t15-;14-;;/m11../s1. The highest BCUT2D eigenvalue weighted by Crippen LogP contribution is 2.25. The number of aliphatic hydroxyl groups is 1. The Kier molecular flexibility index (Phi) is 18.9. The van der Waals surface area contributed by atoms with Gasteiger partial charge in [-0.2, -0.15) is 0 Å². The van der Waals surface area contributed by atoms with Gasteiger partial charge in [-0.25, -0.2) is 28.9 Å². The number of fused-ring (bicyclic) bond motifs is 2. The molecule has 3 N–H and O–H groups in total. The molecule has 8 heterocycles. The first kappa shape index (κ1) is 57.5. The molecular formula is C50H66N16O9. The number of nitrogens with zero attached hydrogens (tertiary/aromatic N) is 14. The van der Waals surface area contributed by atoms with Gasteiger partial charge < -0.3 is 39.8 Å². The number of carbonyl (C=O) groups is 5. The largest absolute Gasteiger partial charge is 0.464 e. The molecule has 0 saturated heterocycles. The van der Waals surface area contributed by atoms with Crippen molar-refractivity contribution in [2.45, 2.75) is 126 Å². The van der Waals surface area contributed by atoms with Gasteiger partial charge in [0.05, 0.1) is 18.7 Å². The van der Waals surface area contributed by atoms with Crippen molar-refractivity contribution in [3.8, 4) is 23.0 Å². The summed E-state index contributed by atoms with van der Waals surface area (Å²) in [5, 5.41) is 38.2. The first-order chi connectivity index (χ1) is 34.6. The van der Waals surface area contributed by atoms with Crippen molar-refractivity contribution in [3.63, 3.8) is 0 Å². The summed E-state index contributed by atoms with van der Waals surface area (Å²) in [7, 11) is 0. The molecule has 2 aliphatic rings. The fourth-order valence-electron chi connectivity index (χ4n) is 7.41. The van der Waals surface area contributed by atoms with Gasteiger partial charge in [0.25, 0.3) is 11.8 Å². The minimum Gasteiger partial charge on any atom is -0.464 e. The number of rotatable bonds is 11. The summed E-state index contributed by atoms with van der Waals surface area (Å²) in [4.78, 5) is 82.8. The lowest BCUT2D eigenvalue weighted by Crippen LogP contribution is -2.40. The second-order valence-electron chi connectivity index (χ2n) is 19.3. The number of pyridine rings is 4. The van der Waals surface area contributed by atoms with Crippen LogP contribution in [0.3, 0.4) is 0 Å². The van der Waals surface area contributed by atoms with Crippen molar-refractivity contribution in [1.82, 2.24) is 70.2 Å². The summed E-state index contributed by atoms with van der Waals surface area (Å²) < 4.78 is 19.0. The molecule has 0 fully saturated rings. The van der Waals surface area contributed by atoms with Gasteiger partial charge in [0.2, 0.25) is 11.6 Å². The molecule has 0 aliphatic carbocycles.